The molecule has 46 heavy (non-hydrogen) atoms. The Morgan fingerprint density at radius 2 is 1.26 bits per heavy atom. The number of hydrogen-bond acceptors (Lipinski definition) is 4. The minimum absolute atomic E-state index is 0.119. The SMILES string of the molecule is Cc1cc(C)cc(NC(=O)C(Sc2ccc(NC(=O)/C(=C/c3ccccc3C)NC(=O)c3ccccc3)cc2)c2ccccc2)c1. The van der Waals surface area contributed by atoms with Crippen molar-refractivity contribution in [2.45, 2.75) is 30.9 Å². The lowest BCUT2D eigenvalue weighted by Crippen LogP contribution is -2.30. The van der Waals surface area contributed by atoms with Gasteiger partial charge in [-0.25, -0.2) is 0 Å². The van der Waals surface area contributed by atoms with Crippen LogP contribution in [-0.2, 0) is 9.59 Å². The van der Waals surface area contributed by atoms with E-state index >= 15 is 0 Å². The van der Waals surface area contributed by atoms with Crippen molar-refractivity contribution in [3.63, 3.8) is 0 Å². The molecule has 0 aliphatic heterocycles. The highest BCUT2D eigenvalue weighted by molar-refractivity contribution is 8.00. The summed E-state index contributed by atoms with van der Waals surface area (Å²) in [7, 11) is 0. The van der Waals surface area contributed by atoms with E-state index < -0.39 is 11.2 Å². The third kappa shape index (κ3) is 8.61. The molecule has 0 heterocycles. The number of aryl methyl sites for hydroxylation is 3. The van der Waals surface area contributed by atoms with E-state index in [1.165, 1.54) is 11.8 Å². The molecule has 3 amide bonds. The first-order valence-electron chi connectivity index (χ1n) is 14.9. The van der Waals surface area contributed by atoms with Crippen molar-refractivity contribution in [1.29, 1.82) is 0 Å². The van der Waals surface area contributed by atoms with Crippen LogP contribution in [0.1, 0.15) is 43.4 Å². The molecule has 7 heteroatoms. The number of rotatable bonds is 10. The van der Waals surface area contributed by atoms with Crippen molar-refractivity contribution in [3.05, 3.63) is 166 Å². The summed E-state index contributed by atoms with van der Waals surface area (Å²) in [5.41, 5.74) is 6.70. The van der Waals surface area contributed by atoms with E-state index in [4.69, 9.17) is 0 Å². The maximum atomic E-state index is 13.6. The van der Waals surface area contributed by atoms with Crippen LogP contribution in [0, 0.1) is 20.8 Å². The van der Waals surface area contributed by atoms with Gasteiger partial charge in [0, 0.05) is 21.8 Å². The van der Waals surface area contributed by atoms with Crippen LogP contribution in [0.2, 0.25) is 0 Å². The van der Waals surface area contributed by atoms with Gasteiger partial charge in [-0.3, -0.25) is 14.4 Å². The summed E-state index contributed by atoms with van der Waals surface area (Å²) < 4.78 is 0. The molecule has 1 unspecified atom stereocenters. The molecule has 1 atom stereocenters. The zero-order valence-electron chi connectivity index (χ0n) is 25.9. The minimum atomic E-state index is -0.501. The van der Waals surface area contributed by atoms with Gasteiger partial charge in [-0.15, -0.1) is 11.8 Å². The number of hydrogen-bond donors (Lipinski definition) is 3. The molecule has 0 aliphatic rings. The number of carbonyl (C=O) groups excluding carboxylic acids is 3. The fourth-order valence-corrected chi connectivity index (χ4v) is 5.98. The molecule has 5 aromatic carbocycles. The highest BCUT2D eigenvalue weighted by atomic mass is 32.2. The number of benzene rings is 5. The molecule has 3 N–H and O–H groups in total. The second-order valence-corrected chi connectivity index (χ2v) is 12.2. The number of anilines is 2. The van der Waals surface area contributed by atoms with Crippen LogP contribution in [0.15, 0.2) is 138 Å². The van der Waals surface area contributed by atoms with E-state index in [2.05, 4.69) is 22.0 Å². The Bertz CT molecular complexity index is 1850. The first-order valence-corrected chi connectivity index (χ1v) is 15.8. The van der Waals surface area contributed by atoms with Gasteiger partial charge in [0.1, 0.15) is 10.9 Å². The Labute approximate surface area is 274 Å². The van der Waals surface area contributed by atoms with Crippen molar-refractivity contribution in [2.75, 3.05) is 10.6 Å². The van der Waals surface area contributed by atoms with Gasteiger partial charge in [-0.1, -0.05) is 78.9 Å². The van der Waals surface area contributed by atoms with E-state index in [0.717, 1.165) is 38.4 Å². The van der Waals surface area contributed by atoms with E-state index in [9.17, 15) is 14.4 Å². The van der Waals surface area contributed by atoms with Crippen LogP contribution in [0.3, 0.4) is 0 Å². The molecule has 0 aliphatic carbocycles. The summed E-state index contributed by atoms with van der Waals surface area (Å²) in [6.07, 6.45) is 1.68. The maximum absolute atomic E-state index is 13.6. The quantitative estimate of drug-likeness (QED) is 0.107. The molecule has 0 spiro atoms. The predicted molar refractivity (Wildman–Crippen MR) is 188 cm³/mol. The molecular formula is C39H35N3O3S. The van der Waals surface area contributed by atoms with Crippen molar-refractivity contribution >= 4 is 46.9 Å². The molecule has 230 valence electrons. The van der Waals surface area contributed by atoms with Crippen LogP contribution < -0.4 is 16.0 Å². The smallest absolute Gasteiger partial charge is 0.272 e. The van der Waals surface area contributed by atoms with Crippen LogP contribution in [-0.4, -0.2) is 17.7 Å². The molecule has 0 aromatic heterocycles. The fourth-order valence-electron chi connectivity index (χ4n) is 4.95. The van der Waals surface area contributed by atoms with Crippen LogP contribution in [0.4, 0.5) is 11.4 Å². The van der Waals surface area contributed by atoms with E-state index in [-0.39, 0.29) is 17.5 Å². The third-order valence-electron chi connectivity index (χ3n) is 7.21. The first kappa shape index (κ1) is 32.0. The maximum Gasteiger partial charge on any atom is 0.272 e. The highest BCUT2D eigenvalue weighted by Gasteiger charge is 2.23. The summed E-state index contributed by atoms with van der Waals surface area (Å²) in [6.45, 7) is 5.96. The Hall–Kier alpha value is -5.40. The Morgan fingerprint density at radius 3 is 1.91 bits per heavy atom. The Balaban J connectivity index is 1.33. The summed E-state index contributed by atoms with van der Waals surface area (Å²) in [5.74, 6) is -0.963. The lowest BCUT2D eigenvalue weighted by Gasteiger charge is -2.18. The second kappa shape index (κ2) is 15.1. The largest absolute Gasteiger partial charge is 0.325 e. The van der Waals surface area contributed by atoms with Gasteiger partial charge in [0.05, 0.1) is 0 Å². The zero-order chi connectivity index (χ0) is 32.5. The number of carbonyl (C=O) groups is 3. The molecule has 5 aromatic rings. The molecule has 0 radical (unpaired) electrons. The summed E-state index contributed by atoms with van der Waals surface area (Å²) in [4.78, 5) is 40.9. The summed E-state index contributed by atoms with van der Waals surface area (Å²) >= 11 is 1.43. The van der Waals surface area contributed by atoms with Crippen LogP contribution >= 0.6 is 11.8 Å². The predicted octanol–water partition coefficient (Wildman–Crippen LogP) is 8.49. The van der Waals surface area contributed by atoms with E-state index in [1.54, 1.807) is 42.5 Å². The second-order valence-electron chi connectivity index (χ2n) is 11.0. The summed E-state index contributed by atoms with van der Waals surface area (Å²) in [5, 5.41) is 8.28. The molecule has 0 fully saturated rings. The van der Waals surface area contributed by atoms with Crippen molar-refractivity contribution in [1.82, 2.24) is 5.32 Å². The number of thioether (sulfide) groups is 1. The standard InChI is InChI=1S/C39H35N3O3S/c1-26-22-27(2)24-33(23-26)41-39(45)36(29-13-6-4-7-14-29)46-34-20-18-32(19-21-34)40-38(44)35(25-31-17-11-10-12-28(31)3)42-37(43)30-15-8-5-9-16-30/h4-25,36H,1-3H3,(H,40,44)(H,41,45)(H,42,43)/b35-25-. The lowest BCUT2D eigenvalue weighted by molar-refractivity contribution is -0.116. The molecule has 6 nitrogen and oxygen atoms in total. The fraction of sp³-hybridized carbons (Fsp3) is 0.103. The number of amides is 3. The molecule has 0 saturated carbocycles. The van der Waals surface area contributed by atoms with Gasteiger partial charge >= 0.3 is 0 Å². The zero-order valence-corrected chi connectivity index (χ0v) is 26.7. The van der Waals surface area contributed by atoms with Crippen LogP contribution in [0.25, 0.3) is 6.08 Å². The van der Waals surface area contributed by atoms with Gasteiger partial charge in [0.2, 0.25) is 5.91 Å². The molecule has 0 bridgehead atoms. The lowest BCUT2D eigenvalue weighted by atomic mass is 10.1. The average molecular weight is 626 g/mol. The van der Waals surface area contributed by atoms with Crippen LogP contribution in [0.5, 0.6) is 0 Å². The van der Waals surface area contributed by atoms with E-state index in [0.29, 0.717) is 11.3 Å². The first-order chi connectivity index (χ1) is 22.2. The van der Waals surface area contributed by atoms with Gasteiger partial charge in [-0.05, 0) is 103 Å². The monoisotopic (exact) mass is 625 g/mol. The van der Waals surface area contributed by atoms with Gasteiger partial charge in [-0.2, -0.15) is 0 Å². The molecule has 0 saturated heterocycles. The Morgan fingerprint density at radius 1 is 0.652 bits per heavy atom. The summed E-state index contributed by atoms with van der Waals surface area (Å²) in [6, 6.07) is 39.4. The van der Waals surface area contributed by atoms with Crippen molar-refractivity contribution < 1.29 is 14.4 Å². The normalized spacial score (nSPS) is 11.8. The van der Waals surface area contributed by atoms with Crippen molar-refractivity contribution in [2.24, 2.45) is 0 Å². The highest BCUT2D eigenvalue weighted by Crippen LogP contribution is 2.37. The molecule has 5 rings (SSSR count). The van der Waals surface area contributed by atoms with Crippen molar-refractivity contribution in [3.8, 4) is 0 Å². The average Bonchev–Trinajstić information content (AvgIpc) is 3.05. The van der Waals surface area contributed by atoms with Gasteiger partial charge in [0.25, 0.3) is 11.8 Å². The Kier molecular flexibility index (Phi) is 10.5. The molecular weight excluding hydrogens is 591 g/mol. The van der Waals surface area contributed by atoms with Gasteiger partial charge in [0.15, 0.2) is 0 Å². The number of nitrogens with one attached hydrogen (secondary N) is 3. The minimum Gasteiger partial charge on any atom is -0.325 e. The third-order valence-corrected chi connectivity index (χ3v) is 8.48. The van der Waals surface area contributed by atoms with Gasteiger partial charge < -0.3 is 16.0 Å². The topological polar surface area (TPSA) is 87.3 Å². The van der Waals surface area contributed by atoms with E-state index in [1.807, 2.05) is 106 Å².